The highest BCUT2D eigenvalue weighted by molar-refractivity contribution is 6.17. The molecule has 2 aromatic rings. The third-order valence-corrected chi connectivity index (χ3v) is 5.20. The van der Waals surface area contributed by atoms with Crippen molar-refractivity contribution in [3.8, 4) is 0 Å². The lowest BCUT2D eigenvalue weighted by Gasteiger charge is -2.35. The number of piperazine rings is 1. The van der Waals surface area contributed by atoms with Crippen LogP contribution in [0.2, 0.25) is 0 Å². The summed E-state index contributed by atoms with van der Waals surface area (Å²) in [6.45, 7) is 10.6. The summed E-state index contributed by atoms with van der Waals surface area (Å²) in [5.74, 6) is 0.123. The number of para-hydroxylation sites is 1. The Morgan fingerprint density at radius 2 is 1.76 bits per heavy atom. The molecule has 150 valence electrons. The van der Waals surface area contributed by atoms with E-state index in [4.69, 9.17) is 0 Å². The number of pyridine rings is 1. The van der Waals surface area contributed by atoms with E-state index in [-0.39, 0.29) is 18.4 Å². The predicted octanol–water partition coefficient (Wildman–Crippen LogP) is 2.51. The second-order valence-electron chi connectivity index (χ2n) is 7.58. The summed E-state index contributed by atoms with van der Waals surface area (Å²) in [6.07, 6.45) is 1.63. The van der Waals surface area contributed by atoms with Crippen LogP contribution in [0.1, 0.15) is 17.3 Å². The van der Waals surface area contributed by atoms with Gasteiger partial charge < -0.3 is 5.32 Å². The number of aromatic nitrogens is 1. The van der Waals surface area contributed by atoms with E-state index >= 15 is 0 Å². The van der Waals surface area contributed by atoms with Crippen molar-refractivity contribution in [2.75, 3.05) is 49.5 Å². The number of hydrogen-bond acceptors (Lipinski definition) is 5. The number of hydrogen-bond donors (Lipinski definition) is 1. The molecule has 3 heterocycles. The molecular weight excluding hydrogens is 366 g/mol. The molecule has 1 aromatic heterocycles. The lowest BCUT2D eigenvalue weighted by Crippen LogP contribution is -2.49. The zero-order valence-electron chi connectivity index (χ0n) is 16.6. The van der Waals surface area contributed by atoms with E-state index in [1.807, 2.05) is 13.0 Å². The van der Waals surface area contributed by atoms with E-state index in [1.165, 1.54) is 0 Å². The molecule has 1 aromatic carbocycles. The average Bonchev–Trinajstić information content (AvgIpc) is 2.83. The van der Waals surface area contributed by atoms with Crippen LogP contribution < -0.4 is 10.2 Å². The van der Waals surface area contributed by atoms with Crippen LogP contribution in [0.25, 0.3) is 0 Å². The molecule has 29 heavy (non-hydrogen) atoms. The fourth-order valence-corrected chi connectivity index (χ4v) is 3.84. The second kappa shape index (κ2) is 8.14. The standard InChI is InChI=1S/C22H25N5O2/c1-16(2)14-25-10-12-26(13-11-25)15-20(28)27-19-8-4-3-6-17(19)22(29)24-18-7-5-9-23-21(18)27/h3-9H,1,10-15H2,2H3,(H,24,29). The van der Waals surface area contributed by atoms with E-state index in [1.54, 1.807) is 41.4 Å². The van der Waals surface area contributed by atoms with Crippen molar-refractivity contribution in [1.82, 2.24) is 14.8 Å². The van der Waals surface area contributed by atoms with Crippen LogP contribution in [-0.2, 0) is 4.79 Å². The van der Waals surface area contributed by atoms with Crippen LogP contribution in [-0.4, -0.2) is 65.9 Å². The van der Waals surface area contributed by atoms with Crippen molar-refractivity contribution in [1.29, 1.82) is 0 Å². The van der Waals surface area contributed by atoms with Gasteiger partial charge in [-0.15, -0.1) is 0 Å². The van der Waals surface area contributed by atoms with Gasteiger partial charge in [0.2, 0.25) is 5.91 Å². The summed E-state index contributed by atoms with van der Waals surface area (Å²) < 4.78 is 0. The zero-order valence-corrected chi connectivity index (χ0v) is 16.6. The highest BCUT2D eigenvalue weighted by atomic mass is 16.2. The van der Waals surface area contributed by atoms with Gasteiger partial charge in [-0.1, -0.05) is 24.3 Å². The summed E-state index contributed by atoms with van der Waals surface area (Å²) in [7, 11) is 0. The van der Waals surface area contributed by atoms with Gasteiger partial charge in [0, 0.05) is 38.9 Å². The molecule has 0 atom stereocenters. The first-order chi connectivity index (χ1) is 14.0. The third-order valence-electron chi connectivity index (χ3n) is 5.20. The highest BCUT2D eigenvalue weighted by Gasteiger charge is 2.31. The number of amides is 2. The lowest BCUT2D eigenvalue weighted by atomic mass is 10.1. The average molecular weight is 391 g/mol. The molecule has 0 radical (unpaired) electrons. The van der Waals surface area contributed by atoms with Crippen molar-refractivity contribution >= 4 is 29.0 Å². The minimum Gasteiger partial charge on any atom is -0.319 e. The van der Waals surface area contributed by atoms with E-state index in [9.17, 15) is 9.59 Å². The fraction of sp³-hybridized carbons (Fsp3) is 0.318. The van der Waals surface area contributed by atoms with Gasteiger partial charge >= 0.3 is 0 Å². The molecule has 0 bridgehead atoms. The third kappa shape index (κ3) is 4.06. The fourth-order valence-electron chi connectivity index (χ4n) is 3.84. The molecule has 0 aliphatic carbocycles. The van der Waals surface area contributed by atoms with Crippen molar-refractivity contribution in [2.45, 2.75) is 6.92 Å². The Morgan fingerprint density at radius 1 is 1.07 bits per heavy atom. The largest absolute Gasteiger partial charge is 0.319 e. The van der Waals surface area contributed by atoms with Crippen LogP contribution in [0.5, 0.6) is 0 Å². The summed E-state index contributed by atoms with van der Waals surface area (Å²) >= 11 is 0. The van der Waals surface area contributed by atoms with Crippen molar-refractivity contribution in [3.05, 3.63) is 60.3 Å². The first-order valence-electron chi connectivity index (χ1n) is 9.80. The number of nitrogens with zero attached hydrogens (tertiary/aromatic N) is 4. The van der Waals surface area contributed by atoms with Crippen LogP contribution >= 0.6 is 0 Å². The molecule has 1 fully saturated rings. The van der Waals surface area contributed by atoms with Crippen LogP contribution in [0.4, 0.5) is 17.2 Å². The Hall–Kier alpha value is -3.03. The Labute approximate surface area is 170 Å². The Bertz CT molecular complexity index is 950. The van der Waals surface area contributed by atoms with Gasteiger partial charge in [0.15, 0.2) is 5.82 Å². The Morgan fingerprint density at radius 3 is 2.48 bits per heavy atom. The lowest BCUT2D eigenvalue weighted by molar-refractivity contribution is -0.119. The number of nitrogens with one attached hydrogen (secondary N) is 1. The van der Waals surface area contributed by atoms with Crippen molar-refractivity contribution in [2.24, 2.45) is 0 Å². The minimum absolute atomic E-state index is 0.0951. The van der Waals surface area contributed by atoms with Crippen LogP contribution in [0, 0.1) is 0 Å². The number of carbonyl (C=O) groups is 2. The Balaban J connectivity index is 1.58. The van der Waals surface area contributed by atoms with Gasteiger partial charge in [-0.25, -0.2) is 4.98 Å². The molecule has 0 unspecified atom stereocenters. The summed E-state index contributed by atoms with van der Waals surface area (Å²) in [5.41, 5.74) is 2.71. The molecule has 7 heteroatoms. The van der Waals surface area contributed by atoms with Gasteiger partial charge in [0.05, 0.1) is 23.5 Å². The number of benzene rings is 1. The normalized spacial score (nSPS) is 17.1. The minimum atomic E-state index is -0.237. The predicted molar refractivity (Wildman–Crippen MR) is 113 cm³/mol. The maximum atomic E-state index is 13.4. The monoisotopic (exact) mass is 391 g/mol. The zero-order chi connectivity index (χ0) is 20.4. The van der Waals surface area contributed by atoms with Crippen LogP contribution in [0.15, 0.2) is 54.7 Å². The number of anilines is 3. The Kier molecular flexibility index (Phi) is 5.42. The quantitative estimate of drug-likeness (QED) is 0.811. The molecule has 4 rings (SSSR count). The smallest absolute Gasteiger partial charge is 0.257 e. The van der Waals surface area contributed by atoms with E-state index in [0.717, 1.165) is 38.3 Å². The summed E-state index contributed by atoms with van der Waals surface area (Å²) in [5, 5.41) is 2.87. The number of carbonyl (C=O) groups excluding carboxylic acids is 2. The molecule has 1 saturated heterocycles. The van der Waals surface area contributed by atoms with Crippen molar-refractivity contribution < 1.29 is 9.59 Å². The van der Waals surface area contributed by atoms with Gasteiger partial charge in [0.25, 0.3) is 5.91 Å². The molecule has 2 aliphatic heterocycles. The SMILES string of the molecule is C=C(C)CN1CCN(CC(=O)N2c3ccccc3C(=O)Nc3cccnc32)CC1. The van der Waals surface area contributed by atoms with Crippen LogP contribution in [0.3, 0.4) is 0 Å². The highest BCUT2D eigenvalue weighted by Crippen LogP contribution is 2.36. The molecule has 2 aliphatic rings. The van der Waals surface area contributed by atoms with E-state index in [2.05, 4.69) is 26.7 Å². The first-order valence-corrected chi connectivity index (χ1v) is 9.80. The maximum Gasteiger partial charge on any atom is 0.257 e. The van der Waals surface area contributed by atoms with Gasteiger partial charge in [-0.2, -0.15) is 0 Å². The second-order valence-corrected chi connectivity index (χ2v) is 7.58. The number of rotatable bonds is 4. The maximum absolute atomic E-state index is 13.4. The summed E-state index contributed by atoms with van der Waals surface area (Å²) in [6, 6.07) is 10.7. The molecule has 0 saturated carbocycles. The first kappa shape index (κ1) is 19.3. The molecule has 7 nitrogen and oxygen atoms in total. The van der Waals surface area contributed by atoms with E-state index < -0.39 is 0 Å². The molecule has 1 N–H and O–H groups in total. The van der Waals surface area contributed by atoms with Gasteiger partial charge in [0.1, 0.15) is 0 Å². The van der Waals surface area contributed by atoms with Gasteiger partial charge in [-0.05, 0) is 31.2 Å². The van der Waals surface area contributed by atoms with Gasteiger partial charge in [-0.3, -0.25) is 24.3 Å². The molecule has 0 spiro atoms. The summed E-state index contributed by atoms with van der Waals surface area (Å²) in [4.78, 5) is 36.5. The van der Waals surface area contributed by atoms with Crippen molar-refractivity contribution in [3.63, 3.8) is 0 Å². The topological polar surface area (TPSA) is 68.8 Å². The van der Waals surface area contributed by atoms with E-state index in [0.29, 0.717) is 22.8 Å². The number of fused-ring (bicyclic) bond motifs is 2. The molecule has 2 amide bonds. The molecular formula is C22H25N5O2.